The molecule has 0 bridgehead atoms. The summed E-state index contributed by atoms with van der Waals surface area (Å²) < 4.78 is 5.22. The summed E-state index contributed by atoms with van der Waals surface area (Å²) in [6.07, 6.45) is 0. The lowest BCUT2D eigenvalue weighted by Gasteiger charge is -2.09. The highest BCUT2D eigenvalue weighted by Crippen LogP contribution is 2.16. The van der Waals surface area contributed by atoms with Crippen molar-refractivity contribution in [1.29, 1.82) is 0 Å². The fourth-order valence-electron chi connectivity index (χ4n) is 1.91. The summed E-state index contributed by atoms with van der Waals surface area (Å²) in [4.78, 5) is 23.0. The zero-order chi connectivity index (χ0) is 15.2. The highest BCUT2D eigenvalue weighted by molar-refractivity contribution is 5.97. The van der Waals surface area contributed by atoms with Crippen molar-refractivity contribution >= 4 is 11.8 Å². The molecule has 0 spiro atoms. The van der Waals surface area contributed by atoms with E-state index in [1.54, 1.807) is 19.2 Å². The summed E-state index contributed by atoms with van der Waals surface area (Å²) in [6, 6.07) is 13.7. The Bertz CT molecular complexity index is 651. The number of nitrogens with two attached hydrogens (primary N) is 1. The Kier molecular flexibility index (Phi) is 4.56. The topological polar surface area (TPSA) is 81.4 Å². The van der Waals surface area contributed by atoms with E-state index in [0.717, 1.165) is 11.3 Å². The summed E-state index contributed by atoms with van der Waals surface area (Å²) >= 11 is 0. The number of hydrogen-bond acceptors (Lipinski definition) is 3. The van der Waals surface area contributed by atoms with E-state index in [1.165, 1.54) is 12.1 Å². The van der Waals surface area contributed by atoms with Gasteiger partial charge in [0.1, 0.15) is 5.75 Å². The van der Waals surface area contributed by atoms with Crippen LogP contribution in [-0.2, 0) is 6.54 Å². The summed E-state index contributed by atoms with van der Waals surface area (Å²) in [7, 11) is 1.59. The second-order valence-electron chi connectivity index (χ2n) is 4.44. The second kappa shape index (κ2) is 6.56. The van der Waals surface area contributed by atoms with Crippen molar-refractivity contribution in [3.8, 4) is 5.75 Å². The van der Waals surface area contributed by atoms with Crippen LogP contribution >= 0.6 is 0 Å². The molecule has 0 radical (unpaired) electrons. The van der Waals surface area contributed by atoms with Crippen LogP contribution in [0.4, 0.5) is 0 Å². The first-order valence-electron chi connectivity index (χ1n) is 6.42. The molecule has 0 aliphatic carbocycles. The van der Waals surface area contributed by atoms with Crippen LogP contribution in [-0.4, -0.2) is 18.9 Å². The van der Waals surface area contributed by atoms with Crippen molar-refractivity contribution in [1.82, 2.24) is 5.32 Å². The summed E-state index contributed by atoms with van der Waals surface area (Å²) in [5, 5.41) is 2.80. The Morgan fingerprint density at radius 3 is 2.29 bits per heavy atom. The number of rotatable bonds is 5. The Balaban J connectivity index is 2.03. The van der Waals surface area contributed by atoms with Gasteiger partial charge in [0.05, 0.1) is 7.11 Å². The third-order valence-electron chi connectivity index (χ3n) is 3.06. The highest BCUT2D eigenvalue weighted by Gasteiger charge is 2.08. The molecule has 5 nitrogen and oxygen atoms in total. The van der Waals surface area contributed by atoms with Gasteiger partial charge < -0.3 is 15.8 Å². The maximum Gasteiger partial charge on any atom is 0.251 e. The number of hydrogen-bond donors (Lipinski definition) is 2. The maximum absolute atomic E-state index is 12.0. The van der Waals surface area contributed by atoms with Gasteiger partial charge in [-0.2, -0.15) is 0 Å². The lowest BCUT2D eigenvalue weighted by atomic mass is 10.1. The third kappa shape index (κ3) is 3.60. The summed E-state index contributed by atoms with van der Waals surface area (Å²) in [5.41, 5.74) is 6.88. The predicted octanol–water partition coefficient (Wildman–Crippen LogP) is 1.72. The van der Waals surface area contributed by atoms with Gasteiger partial charge in [-0.25, -0.2) is 0 Å². The molecule has 0 unspecified atom stereocenters. The number of primary amides is 1. The fourth-order valence-corrected chi connectivity index (χ4v) is 1.91. The number of amides is 2. The van der Waals surface area contributed by atoms with Crippen molar-refractivity contribution in [2.45, 2.75) is 6.54 Å². The number of carbonyl (C=O) groups excluding carboxylic acids is 2. The minimum absolute atomic E-state index is 0.225. The number of ether oxygens (including phenoxy) is 1. The second-order valence-corrected chi connectivity index (χ2v) is 4.44. The Morgan fingerprint density at radius 1 is 1.05 bits per heavy atom. The number of methoxy groups -OCH3 is 1. The number of carbonyl (C=O) groups is 2. The number of benzene rings is 2. The molecule has 0 heterocycles. The van der Waals surface area contributed by atoms with Crippen LogP contribution in [0.5, 0.6) is 5.75 Å². The van der Waals surface area contributed by atoms with E-state index in [0.29, 0.717) is 17.7 Å². The molecule has 0 aliphatic rings. The van der Waals surface area contributed by atoms with Gasteiger partial charge in [0.2, 0.25) is 5.91 Å². The van der Waals surface area contributed by atoms with Crippen molar-refractivity contribution in [3.63, 3.8) is 0 Å². The minimum atomic E-state index is -0.518. The van der Waals surface area contributed by atoms with E-state index in [4.69, 9.17) is 10.5 Å². The Hall–Kier alpha value is -2.82. The minimum Gasteiger partial charge on any atom is -0.496 e. The molecule has 2 aromatic carbocycles. The quantitative estimate of drug-likeness (QED) is 0.877. The molecule has 5 heteroatoms. The average molecular weight is 284 g/mol. The van der Waals surface area contributed by atoms with Crippen LogP contribution in [0.25, 0.3) is 0 Å². The molecule has 21 heavy (non-hydrogen) atoms. The van der Waals surface area contributed by atoms with Crippen LogP contribution in [0, 0.1) is 0 Å². The molecule has 2 rings (SSSR count). The zero-order valence-electron chi connectivity index (χ0n) is 11.6. The normalized spacial score (nSPS) is 9.95. The lowest BCUT2D eigenvalue weighted by Crippen LogP contribution is -2.23. The van der Waals surface area contributed by atoms with Gasteiger partial charge in [-0.3, -0.25) is 9.59 Å². The van der Waals surface area contributed by atoms with E-state index in [9.17, 15) is 9.59 Å². The fraction of sp³-hybridized carbons (Fsp3) is 0.125. The molecule has 3 N–H and O–H groups in total. The van der Waals surface area contributed by atoms with Crippen LogP contribution < -0.4 is 15.8 Å². The monoisotopic (exact) mass is 284 g/mol. The maximum atomic E-state index is 12.0. The van der Waals surface area contributed by atoms with Crippen molar-refractivity contribution < 1.29 is 14.3 Å². The SMILES string of the molecule is COc1ccccc1CNC(=O)c1ccc(C(N)=O)cc1. The molecular formula is C16H16N2O3. The molecule has 0 saturated heterocycles. The van der Waals surface area contributed by atoms with Crippen LogP contribution in [0.1, 0.15) is 26.3 Å². The molecular weight excluding hydrogens is 268 g/mol. The molecule has 2 aromatic rings. The predicted molar refractivity (Wildman–Crippen MR) is 79.1 cm³/mol. The van der Waals surface area contributed by atoms with E-state index < -0.39 is 5.91 Å². The lowest BCUT2D eigenvalue weighted by molar-refractivity contribution is 0.0948. The number of para-hydroxylation sites is 1. The van der Waals surface area contributed by atoms with Gasteiger partial charge in [0, 0.05) is 23.2 Å². The van der Waals surface area contributed by atoms with Crippen molar-refractivity contribution in [3.05, 3.63) is 65.2 Å². The van der Waals surface area contributed by atoms with E-state index in [2.05, 4.69) is 5.32 Å². The first-order chi connectivity index (χ1) is 10.1. The first-order valence-corrected chi connectivity index (χ1v) is 6.42. The molecule has 108 valence electrons. The van der Waals surface area contributed by atoms with Gasteiger partial charge in [-0.05, 0) is 30.3 Å². The van der Waals surface area contributed by atoms with Gasteiger partial charge >= 0.3 is 0 Å². The highest BCUT2D eigenvalue weighted by atomic mass is 16.5. The summed E-state index contributed by atoms with van der Waals surface area (Å²) in [6.45, 7) is 0.362. The van der Waals surface area contributed by atoms with Gasteiger partial charge in [-0.1, -0.05) is 18.2 Å². The van der Waals surface area contributed by atoms with Crippen LogP contribution in [0.3, 0.4) is 0 Å². The molecule has 0 aromatic heterocycles. The van der Waals surface area contributed by atoms with E-state index in [1.807, 2.05) is 24.3 Å². The third-order valence-corrected chi connectivity index (χ3v) is 3.06. The summed E-state index contributed by atoms with van der Waals surface area (Å²) in [5.74, 6) is -0.0187. The number of nitrogens with one attached hydrogen (secondary N) is 1. The van der Waals surface area contributed by atoms with Gasteiger partial charge in [0.25, 0.3) is 5.91 Å². The van der Waals surface area contributed by atoms with Gasteiger partial charge in [0.15, 0.2) is 0 Å². The van der Waals surface area contributed by atoms with Crippen LogP contribution in [0.15, 0.2) is 48.5 Å². The van der Waals surface area contributed by atoms with E-state index in [-0.39, 0.29) is 5.91 Å². The Morgan fingerprint density at radius 2 is 1.67 bits per heavy atom. The zero-order valence-corrected chi connectivity index (χ0v) is 11.6. The van der Waals surface area contributed by atoms with E-state index >= 15 is 0 Å². The van der Waals surface area contributed by atoms with Crippen LogP contribution in [0.2, 0.25) is 0 Å². The molecule has 0 saturated carbocycles. The van der Waals surface area contributed by atoms with Crippen molar-refractivity contribution in [2.75, 3.05) is 7.11 Å². The first kappa shape index (κ1) is 14.6. The standard InChI is InChI=1S/C16H16N2O3/c1-21-14-5-3-2-4-13(14)10-18-16(20)12-8-6-11(7-9-12)15(17)19/h2-9H,10H2,1H3,(H2,17,19)(H,18,20). The molecule has 0 fully saturated rings. The largest absolute Gasteiger partial charge is 0.496 e. The smallest absolute Gasteiger partial charge is 0.251 e. The molecule has 0 aliphatic heterocycles. The Labute approximate surface area is 122 Å². The van der Waals surface area contributed by atoms with Gasteiger partial charge in [-0.15, -0.1) is 0 Å². The molecule has 0 atom stereocenters. The average Bonchev–Trinajstić information content (AvgIpc) is 2.52. The van der Waals surface area contributed by atoms with Crippen molar-refractivity contribution in [2.24, 2.45) is 5.73 Å². The molecule has 2 amide bonds.